The average Bonchev–Trinajstić information content (AvgIpc) is 2.96. The van der Waals surface area contributed by atoms with Crippen molar-refractivity contribution in [3.8, 4) is 10.7 Å². The summed E-state index contributed by atoms with van der Waals surface area (Å²) in [5, 5.41) is 14.4. The molecule has 0 aliphatic carbocycles. The van der Waals surface area contributed by atoms with Crippen molar-refractivity contribution in [1.29, 1.82) is 0 Å². The number of carbonyl (C=O) groups is 1. The zero-order chi connectivity index (χ0) is 15.1. The predicted molar refractivity (Wildman–Crippen MR) is 80.8 cm³/mol. The normalized spacial score (nSPS) is 12.1. The summed E-state index contributed by atoms with van der Waals surface area (Å²) in [4.78, 5) is 24.5. The Bertz CT molecular complexity index is 573. The lowest BCUT2D eigenvalue weighted by molar-refractivity contribution is -0.121. The summed E-state index contributed by atoms with van der Waals surface area (Å²) in [6.45, 7) is 2.06. The van der Waals surface area contributed by atoms with E-state index in [1.54, 1.807) is 18.6 Å². The van der Waals surface area contributed by atoms with E-state index in [4.69, 9.17) is 5.11 Å². The third kappa shape index (κ3) is 4.57. The molecule has 1 amide bonds. The van der Waals surface area contributed by atoms with Crippen molar-refractivity contribution >= 4 is 17.2 Å². The van der Waals surface area contributed by atoms with E-state index < -0.39 is 0 Å². The maximum Gasteiger partial charge on any atom is 0.226 e. The minimum Gasteiger partial charge on any atom is -0.396 e. The summed E-state index contributed by atoms with van der Waals surface area (Å²) in [7, 11) is 0. The second-order valence-electron chi connectivity index (χ2n) is 4.60. The van der Waals surface area contributed by atoms with Crippen molar-refractivity contribution in [2.24, 2.45) is 0 Å². The highest BCUT2D eigenvalue weighted by Gasteiger charge is 2.13. The predicted octanol–water partition coefficient (Wildman–Crippen LogP) is 1.42. The van der Waals surface area contributed by atoms with Gasteiger partial charge in [-0.1, -0.05) is 6.92 Å². The van der Waals surface area contributed by atoms with Gasteiger partial charge in [0.25, 0.3) is 0 Å². The Balaban J connectivity index is 1.95. The molecule has 1 unspecified atom stereocenters. The molecule has 0 bridgehead atoms. The molecule has 1 atom stereocenters. The zero-order valence-corrected chi connectivity index (χ0v) is 12.6. The molecule has 2 rings (SSSR count). The Morgan fingerprint density at radius 1 is 1.48 bits per heavy atom. The Kier molecular flexibility index (Phi) is 5.77. The fourth-order valence-corrected chi connectivity index (χ4v) is 2.67. The fourth-order valence-electron chi connectivity index (χ4n) is 1.89. The van der Waals surface area contributed by atoms with Crippen LogP contribution in [0, 0.1) is 0 Å². The van der Waals surface area contributed by atoms with E-state index in [2.05, 4.69) is 20.3 Å². The van der Waals surface area contributed by atoms with E-state index in [0.29, 0.717) is 12.1 Å². The first-order valence-corrected chi connectivity index (χ1v) is 7.72. The molecular formula is C14H18N4O2S. The monoisotopic (exact) mass is 306 g/mol. The van der Waals surface area contributed by atoms with Crippen LogP contribution in [0.15, 0.2) is 24.0 Å². The van der Waals surface area contributed by atoms with Gasteiger partial charge in [-0.3, -0.25) is 14.8 Å². The summed E-state index contributed by atoms with van der Waals surface area (Å²) < 4.78 is 0. The number of thiazole rings is 1. The van der Waals surface area contributed by atoms with Crippen LogP contribution in [-0.2, 0) is 11.2 Å². The molecule has 0 spiro atoms. The number of hydrogen-bond acceptors (Lipinski definition) is 6. The van der Waals surface area contributed by atoms with Crippen LogP contribution in [0.3, 0.4) is 0 Å². The SMILES string of the molecule is CCC(CCO)NC(=O)Cc1csc(-c2cnccn2)n1. The van der Waals surface area contributed by atoms with Gasteiger partial charge in [0.1, 0.15) is 10.7 Å². The van der Waals surface area contributed by atoms with Gasteiger partial charge < -0.3 is 10.4 Å². The van der Waals surface area contributed by atoms with E-state index in [1.165, 1.54) is 11.3 Å². The summed E-state index contributed by atoms with van der Waals surface area (Å²) >= 11 is 1.45. The highest BCUT2D eigenvalue weighted by Crippen LogP contribution is 2.20. The molecule has 0 aromatic carbocycles. The van der Waals surface area contributed by atoms with E-state index in [0.717, 1.165) is 17.1 Å². The van der Waals surface area contributed by atoms with Crippen molar-refractivity contribution in [3.05, 3.63) is 29.7 Å². The number of aromatic nitrogens is 3. The van der Waals surface area contributed by atoms with Crippen LogP contribution in [0.1, 0.15) is 25.5 Å². The topological polar surface area (TPSA) is 88.0 Å². The minimum atomic E-state index is -0.0775. The van der Waals surface area contributed by atoms with Crippen LogP contribution >= 0.6 is 11.3 Å². The van der Waals surface area contributed by atoms with Crippen LogP contribution in [0.25, 0.3) is 10.7 Å². The van der Waals surface area contributed by atoms with Gasteiger partial charge in [-0.25, -0.2) is 4.98 Å². The van der Waals surface area contributed by atoms with E-state index in [1.807, 2.05) is 12.3 Å². The molecule has 0 saturated heterocycles. The average molecular weight is 306 g/mol. The molecule has 0 saturated carbocycles. The van der Waals surface area contributed by atoms with Gasteiger partial charge in [-0.05, 0) is 12.8 Å². The van der Waals surface area contributed by atoms with Crippen LogP contribution in [0.4, 0.5) is 0 Å². The highest BCUT2D eigenvalue weighted by molar-refractivity contribution is 7.13. The third-order valence-corrected chi connectivity index (χ3v) is 3.92. The third-order valence-electron chi connectivity index (χ3n) is 3.01. The largest absolute Gasteiger partial charge is 0.396 e. The molecule has 6 nitrogen and oxygen atoms in total. The summed E-state index contributed by atoms with van der Waals surface area (Å²) in [6.07, 6.45) is 6.48. The number of amides is 1. The molecule has 0 aliphatic heterocycles. The van der Waals surface area contributed by atoms with Gasteiger partial charge in [0.2, 0.25) is 5.91 Å². The number of hydrogen-bond donors (Lipinski definition) is 2. The summed E-state index contributed by atoms with van der Waals surface area (Å²) in [6, 6.07) is 0.0144. The van der Waals surface area contributed by atoms with Crippen LogP contribution in [0.2, 0.25) is 0 Å². The van der Waals surface area contributed by atoms with E-state index >= 15 is 0 Å². The maximum absolute atomic E-state index is 11.9. The molecule has 2 heterocycles. The number of aliphatic hydroxyl groups excluding tert-OH is 1. The summed E-state index contributed by atoms with van der Waals surface area (Å²) in [5.41, 5.74) is 1.43. The van der Waals surface area contributed by atoms with Crippen molar-refractivity contribution in [2.45, 2.75) is 32.2 Å². The lowest BCUT2D eigenvalue weighted by Gasteiger charge is -2.15. The zero-order valence-electron chi connectivity index (χ0n) is 11.8. The Morgan fingerprint density at radius 3 is 3.00 bits per heavy atom. The first kappa shape index (κ1) is 15.5. The quantitative estimate of drug-likeness (QED) is 0.807. The fraction of sp³-hybridized carbons (Fsp3) is 0.429. The standard InChI is InChI=1S/C14H18N4O2S/c1-2-10(3-6-19)17-13(20)7-11-9-21-14(18-11)12-8-15-4-5-16-12/h4-5,8-10,19H,2-3,6-7H2,1H3,(H,17,20). The van der Waals surface area contributed by atoms with Crippen LogP contribution < -0.4 is 5.32 Å². The van der Waals surface area contributed by atoms with Crippen molar-refractivity contribution in [3.63, 3.8) is 0 Å². The smallest absolute Gasteiger partial charge is 0.226 e. The highest BCUT2D eigenvalue weighted by atomic mass is 32.1. The molecule has 0 fully saturated rings. The minimum absolute atomic E-state index is 0.0144. The Labute approximate surface area is 127 Å². The van der Waals surface area contributed by atoms with Crippen molar-refractivity contribution in [2.75, 3.05) is 6.61 Å². The van der Waals surface area contributed by atoms with Crippen LogP contribution in [-0.4, -0.2) is 38.6 Å². The number of aliphatic hydroxyl groups is 1. The molecule has 2 N–H and O–H groups in total. The molecule has 2 aromatic rings. The first-order chi connectivity index (χ1) is 10.2. The van der Waals surface area contributed by atoms with Gasteiger partial charge in [0.15, 0.2) is 0 Å². The molecular weight excluding hydrogens is 288 g/mol. The summed E-state index contributed by atoms with van der Waals surface area (Å²) in [5.74, 6) is -0.0775. The van der Waals surface area contributed by atoms with E-state index in [-0.39, 0.29) is 25.0 Å². The molecule has 2 aromatic heterocycles. The molecule has 112 valence electrons. The Hall–Kier alpha value is -1.86. The van der Waals surface area contributed by atoms with E-state index in [9.17, 15) is 4.79 Å². The number of nitrogens with one attached hydrogen (secondary N) is 1. The van der Waals surface area contributed by atoms with Gasteiger partial charge in [0.05, 0.1) is 18.3 Å². The molecule has 21 heavy (non-hydrogen) atoms. The van der Waals surface area contributed by atoms with Gasteiger partial charge >= 0.3 is 0 Å². The first-order valence-electron chi connectivity index (χ1n) is 6.84. The number of nitrogens with zero attached hydrogens (tertiary/aromatic N) is 3. The maximum atomic E-state index is 11.9. The van der Waals surface area contributed by atoms with Crippen molar-refractivity contribution in [1.82, 2.24) is 20.3 Å². The lowest BCUT2D eigenvalue weighted by atomic mass is 10.1. The van der Waals surface area contributed by atoms with Gasteiger partial charge in [-0.2, -0.15) is 0 Å². The second-order valence-corrected chi connectivity index (χ2v) is 5.45. The second kappa shape index (κ2) is 7.80. The van der Waals surface area contributed by atoms with Crippen LogP contribution in [0.5, 0.6) is 0 Å². The molecule has 0 aliphatic rings. The number of carbonyl (C=O) groups excluding carboxylic acids is 1. The molecule has 0 radical (unpaired) electrons. The van der Waals surface area contributed by atoms with Gasteiger partial charge in [-0.15, -0.1) is 11.3 Å². The Morgan fingerprint density at radius 2 is 2.33 bits per heavy atom. The van der Waals surface area contributed by atoms with Crippen molar-refractivity contribution < 1.29 is 9.90 Å². The number of rotatable bonds is 7. The lowest BCUT2D eigenvalue weighted by Crippen LogP contribution is -2.36. The van der Waals surface area contributed by atoms with Gasteiger partial charge in [0, 0.05) is 30.4 Å². The molecule has 7 heteroatoms.